The second-order valence-corrected chi connectivity index (χ2v) is 5.30. The third-order valence-electron chi connectivity index (χ3n) is 4.56. The van der Waals surface area contributed by atoms with Gasteiger partial charge in [0.25, 0.3) is 11.8 Å². The zero-order chi connectivity index (χ0) is 15.5. The Hall–Kier alpha value is -1.24. The Bertz CT molecular complexity index is 501. The largest absolute Gasteiger partial charge is 1.00 e. The van der Waals surface area contributed by atoms with E-state index in [1.54, 1.807) is 24.3 Å². The van der Waals surface area contributed by atoms with Crippen LogP contribution >= 0.6 is 0 Å². The zero-order valence-electron chi connectivity index (χ0n) is 13.3. The third-order valence-corrected chi connectivity index (χ3v) is 4.56. The standard InChI is InChI=1S/C16H23N2O3.BrH/c1-4-18(5-2,6-3)11-12-21-17-15(19)13-9-7-8-10-14(13)16(17)20;/h7-10H,4-6,11-12H2,1-3H3;1H/q+1;/p-1. The van der Waals surface area contributed by atoms with E-state index in [0.717, 1.165) is 35.7 Å². The Morgan fingerprint density at radius 2 is 1.41 bits per heavy atom. The van der Waals surface area contributed by atoms with Crippen LogP contribution in [0.5, 0.6) is 0 Å². The molecular weight excluding hydrogens is 348 g/mol. The van der Waals surface area contributed by atoms with Crippen molar-refractivity contribution in [2.24, 2.45) is 0 Å². The summed E-state index contributed by atoms with van der Waals surface area (Å²) in [6.45, 7) is 10.6. The maximum atomic E-state index is 12.1. The molecule has 0 atom stereocenters. The van der Waals surface area contributed by atoms with E-state index in [1.807, 2.05) is 0 Å². The highest BCUT2D eigenvalue weighted by Crippen LogP contribution is 2.22. The van der Waals surface area contributed by atoms with Crippen molar-refractivity contribution in [2.75, 3.05) is 32.8 Å². The molecule has 0 spiro atoms. The van der Waals surface area contributed by atoms with Gasteiger partial charge in [-0.25, -0.2) is 0 Å². The van der Waals surface area contributed by atoms with Crippen molar-refractivity contribution >= 4 is 11.8 Å². The van der Waals surface area contributed by atoms with Gasteiger partial charge in [0, 0.05) is 0 Å². The number of nitrogens with zero attached hydrogens (tertiary/aromatic N) is 2. The zero-order valence-corrected chi connectivity index (χ0v) is 14.9. The molecule has 6 heteroatoms. The van der Waals surface area contributed by atoms with Gasteiger partial charge >= 0.3 is 0 Å². The van der Waals surface area contributed by atoms with E-state index in [4.69, 9.17) is 4.84 Å². The van der Waals surface area contributed by atoms with E-state index < -0.39 is 0 Å². The molecule has 122 valence electrons. The molecule has 0 aromatic heterocycles. The molecule has 0 radical (unpaired) electrons. The molecule has 1 aromatic carbocycles. The molecule has 0 fully saturated rings. The van der Waals surface area contributed by atoms with Crippen molar-refractivity contribution in [3.8, 4) is 0 Å². The summed E-state index contributed by atoms with van der Waals surface area (Å²) < 4.78 is 0.920. The Kier molecular flexibility index (Phi) is 6.71. The Morgan fingerprint density at radius 3 is 1.82 bits per heavy atom. The molecule has 1 heterocycles. The number of likely N-dealkylation sites (N-methyl/N-ethyl adjacent to an activating group) is 1. The van der Waals surface area contributed by atoms with Crippen molar-refractivity contribution in [1.29, 1.82) is 0 Å². The number of quaternary nitrogens is 1. The van der Waals surface area contributed by atoms with Gasteiger partial charge in [0.2, 0.25) is 0 Å². The first-order chi connectivity index (χ1) is 10.1. The smallest absolute Gasteiger partial charge is 0.285 e. The molecule has 2 rings (SSSR count). The van der Waals surface area contributed by atoms with Crippen LogP contribution < -0.4 is 17.0 Å². The minimum atomic E-state index is -0.363. The van der Waals surface area contributed by atoms with Crippen LogP contribution in [0.4, 0.5) is 0 Å². The number of hydrogen-bond acceptors (Lipinski definition) is 3. The van der Waals surface area contributed by atoms with Crippen LogP contribution in [0, 0.1) is 0 Å². The van der Waals surface area contributed by atoms with Gasteiger partial charge in [-0.15, -0.1) is 5.06 Å². The highest BCUT2D eigenvalue weighted by Gasteiger charge is 2.36. The fourth-order valence-corrected chi connectivity index (χ4v) is 2.76. The van der Waals surface area contributed by atoms with Crippen LogP contribution in [0.1, 0.15) is 41.5 Å². The number of carbonyl (C=O) groups is 2. The Labute approximate surface area is 142 Å². The van der Waals surface area contributed by atoms with E-state index in [9.17, 15) is 9.59 Å². The number of imide groups is 1. The summed E-state index contributed by atoms with van der Waals surface area (Å²) in [5.41, 5.74) is 0.842. The van der Waals surface area contributed by atoms with E-state index in [2.05, 4.69) is 20.8 Å². The average Bonchev–Trinajstić information content (AvgIpc) is 2.77. The maximum Gasteiger partial charge on any atom is 0.285 e. The summed E-state index contributed by atoms with van der Waals surface area (Å²) in [6.07, 6.45) is 0. The second-order valence-electron chi connectivity index (χ2n) is 5.30. The highest BCUT2D eigenvalue weighted by atomic mass is 79.9. The van der Waals surface area contributed by atoms with Crippen molar-refractivity contribution in [3.63, 3.8) is 0 Å². The SMILES string of the molecule is CC[N+](CC)(CC)CCON1C(=O)c2ccccc2C1=O.[Br-]. The van der Waals surface area contributed by atoms with Crippen LogP contribution in [0.25, 0.3) is 0 Å². The summed E-state index contributed by atoms with van der Waals surface area (Å²) in [5, 5.41) is 0.903. The van der Waals surface area contributed by atoms with E-state index in [0.29, 0.717) is 17.7 Å². The number of hydroxylamine groups is 2. The quantitative estimate of drug-likeness (QED) is 0.461. The first-order valence-electron chi connectivity index (χ1n) is 7.54. The fraction of sp³-hybridized carbons (Fsp3) is 0.500. The van der Waals surface area contributed by atoms with Crippen molar-refractivity contribution in [1.82, 2.24) is 5.06 Å². The van der Waals surface area contributed by atoms with Crippen LogP contribution in [0.3, 0.4) is 0 Å². The molecule has 22 heavy (non-hydrogen) atoms. The summed E-state index contributed by atoms with van der Waals surface area (Å²) in [4.78, 5) is 29.8. The molecule has 0 aliphatic carbocycles. The number of halogens is 1. The third kappa shape index (κ3) is 3.39. The minimum Gasteiger partial charge on any atom is -1.00 e. The lowest BCUT2D eigenvalue weighted by molar-refractivity contribution is -0.923. The van der Waals surface area contributed by atoms with Crippen molar-refractivity contribution in [2.45, 2.75) is 20.8 Å². The number of carbonyl (C=O) groups excluding carboxylic acids is 2. The lowest BCUT2D eigenvalue weighted by Crippen LogP contribution is -3.00. The van der Waals surface area contributed by atoms with Crippen molar-refractivity contribution < 1.29 is 35.9 Å². The molecule has 1 aliphatic heterocycles. The van der Waals surface area contributed by atoms with Gasteiger partial charge in [-0.2, -0.15) is 0 Å². The molecule has 1 aliphatic rings. The number of benzene rings is 1. The molecule has 5 nitrogen and oxygen atoms in total. The van der Waals surface area contributed by atoms with Gasteiger partial charge in [0.1, 0.15) is 13.2 Å². The van der Waals surface area contributed by atoms with Gasteiger partial charge in [-0.1, -0.05) is 12.1 Å². The molecule has 1 aromatic rings. The van der Waals surface area contributed by atoms with Crippen molar-refractivity contribution in [3.05, 3.63) is 35.4 Å². The predicted octanol–water partition coefficient (Wildman–Crippen LogP) is -0.905. The van der Waals surface area contributed by atoms with Crippen LogP contribution in [0.15, 0.2) is 24.3 Å². The first kappa shape index (κ1) is 18.8. The van der Waals surface area contributed by atoms with Gasteiger partial charge in [-0.3, -0.25) is 14.4 Å². The van der Waals surface area contributed by atoms with Gasteiger partial charge in [0.15, 0.2) is 0 Å². The normalized spacial score (nSPS) is 14.0. The molecule has 0 unspecified atom stereocenters. The average molecular weight is 371 g/mol. The topological polar surface area (TPSA) is 46.6 Å². The van der Waals surface area contributed by atoms with Crippen LogP contribution in [0.2, 0.25) is 0 Å². The van der Waals surface area contributed by atoms with Gasteiger partial charge in [0.05, 0.1) is 30.8 Å². The van der Waals surface area contributed by atoms with Gasteiger partial charge in [-0.05, 0) is 32.9 Å². The minimum absolute atomic E-state index is 0. The van der Waals surface area contributed by atoms with E-state index in [1.165, 1.54) is 0 Å². The van der Waals surface area contributed by atoms with E-state index >= 15 is 0 Å². The number of hydrogen-bond donors (Lipinski definition) is 0. The summed E-state index contributed by atoms with van der Waals surface area (Å²) >= 11 is 0. The molecule has 2 amide bonds. The first-order valence-corrected chi connectivity index (χ1v) is 7.54. The highest BCUT2D eigenvalue weighted by molar-refractivity contribution is 6.20. The Balaban J connectivity index is 0.00000242. The lowest BCUT2D eigenvalue weighted by atomic mass is 10.1. The monoisotopic (exact) mass is 370 g/mol. The second kappa shape index (κ2) is 7.85. The molecule has 0 N–H and O–H groups in total. The predicted molar refractivity (Wildman–Crippen MR) is 79.6 cm³/mol. The maximum absolute atomic E-state index is 12.1. The molecular formula is C16H23BrN2O3. The molecule has 0 saturated heterocycles. The lowest BCUT2D eigenvalue weighted by Gasteiger charge is -2.35. The number of fused-ring (bicyclic) bond motifs is 1. The fourth-order valence-electron chi connectivity index (χ4n) is 2.76. The summed E-state index contributed by atoms with van der Waals surface area (Å²) in [6, 6.07) is 6.81. The number of amides is 2. The molecule has 0 bridgehead atoms. The summed E-state index contributed by atoms with van der Waals surface area (Å²) in [7, 11) is 0. The van der Waals surface area contributed by atoms with Crippen LogP contribution in [-0.4, -0.2) is 54.1 Å². The molecule has 0 saturated carbocycles. The Morgan fingerprint density at radius 1 is 0.955 bits per heavy atom. The van der Waals surface area contributed by atoms with Gasteiger partial charge < -0.3 is 21.5 Å². The van der Waals surface area contributed by atoms with E-state index in [-0.39, 0.29) is 28.8 Å². The summed E-state index contributed by atoms with van der Waals surface area (Å²) in [5.74, 6) is -0.726. The number of rotatable bonds is 7. The van der Waals surface area contributed by atoms with Crippen LogP contribution in [-0.2, 0) is 4.84 Å².